The minimum Gasteiger partial charge on any atom is -0.396 e. The number of rotatable bonds is 6. The normalized spacial score (nSPS) is 11.0. The number of aromatic nitrogens is 2. The topological polar surface area (TPSA) is 90.6 Å². The lowest BCUT2D eigenvalue weighted by Gasteiger charge is -2.09. The van der Waals surface area contributed by atoms with E-state index in [2.05, 4.69) is 27.8 Å². The van der Waals surface area contributed by atoms with Gasteiger partial charge in [-0.1, -0.05) is 42.5 Å². The van der Waals surface area contributed by atoms with E-state index in [1.54, 1.807) is 6.20 Å². The Morgan fingerprint density at radius 2 is 1.93 bits per heavy atom. The van der Waals surface area contributed by atoms with Crippen LogP contribution in [-0.2, 0) is 23.5 Å². The summed E-state index contributed by atoms with van der Waals surface area (Å²) in [6.45, 7) is 8.90. The van der Waals surface area contributed by atoms with Gasteiger partial charge in [0.2, 0.25) is 0 Å². The number of hydrogen-bond acceptors (Lipinski definition) is 6. The van der Waals surface area contributed by atoms with E-state index in [9.17, 15) is 13.2 Å². The van der Waals surface area contributed by atoms with Crippen molar-refractivity contribution in [3.8, 4) is 16.2 Å². The van der Waals surface area contributed by atoms with Gasteiger partial charge in [0.1, 0.15) is 5.82 Å². The Morgan fingerprint density at radius 3 is 2.50 bits per heavy atom. The van der Waals surface area contributed by atoms with Crippen molar-refractivity contribution in [2.45, 2.75) is 40.7 Å². The first kappa shape index (κ1) is 21.9. The average Bonchev–Trinajstić information content (AvgIpc) is 3.18. The molecule has 0 saturated carbocycles. The van der Waals surface area contributed by atoms with Crippen molar-refractivity contribution >= 4 is 27.9 Å². The maximum absolute atomic E-state index is 11.8. The summed E-state index contributed by atoms with van der Waals surface area (Å²) in [7, 11) is -2.85. The SMILES string of the molecule is Cc1c(CC(C)C)sc(OC(=O)N=S(=O)=O)c1-c1ccc(Cn2ccnc2C)cc1. The summed E-state index contributed by atoms with van der Waals surface area (Å²) in [6, 6.07) is 8.01. The van der Waals surface area contributed by atoms with Crippen LogP contribution in [0.1, 0.15) is 35.7 Å². The predicted octanol–water partition coefficient (Wildman–Crippen LogP) is 5.04. The standard InChI is InChI=1S/C21H23N3O4S2/c1-13(2)11-18-14(3)19(20(29-18)28-21(25)23-30(26)27)17-7-5-16(6-8-17)12-24-10-9-22-15(24)4/h5-10,13H,11-12H2,1-4H3. The van der Waals surface area contributed by atoms with Crippen molar-refractivity contribution in [2.24, 2.45) is 10.3 Å². The fourth-order valence-electron chi connectivity index (χ4n) is 3.21. The number of ether oxygens (including phenoxy) is 1. The van der Waals surface area contributed by atoms with E-state index in [1.165, 1.54) is 11.3 Å². The number of hydrogen-bond donors (Lipinski definition) is 0. The van der Waals surface area contributed by atoms with Crippen molar-refractivity contribution in [1.82, 2.24) is 9.55 Å². The van der Waals surface area contributed by atoms with Crippen LogP contribution in [0.25, 0.3) is 11.1 Å². The maximum atomic E-state index is 11.8. The first-order chi connectivity index (χ1) is 14.2. The summed E-state index contributed by atoms with van der Waals surface area (Å²) < 4.78 is 31.7. The van der Waals surface area contributed by atoms with Crippen LogP contribution < -0.4 is 4.74 Å². The summed E-state index contributed by atoms with van der Waals surface area (Å²) in [5.41, 5.74) is 3.83. The van der Waals surface area contributed by atoms with Gasteiger partial charge in [0.25, 0.3) is 0 Å². The zero-order valence-electron chi connectivity index (χ0n) is 17.2. The summed E-state index contributed by atoms with van der Waals surface area (Å²) in [5, 5.41) is 0.362. The molecule has 0 fully saturated rings. The highest BCUT2D eigenvalue weighted by atomic mass is 32.2. The van der Waals surface area contributed by atoms with Crippen LogP contribution in [0.2, 0.25) is 0 Å². The van der Waals surface area contributed by atoms with Crippen molar-refractivity contribution in [2.75, 3.05) is 0 Å². The number of thiophene rings is 1. The van der Waals surface area contributed by atoms with Gasteiger partial charge in [-0.3, -0.25) is 0 Å². The molecule has 0 saturated heterocycles. The first-order valence-electron chi connectivity index (χ1n) is 9.46. The molecule has 7 nitrogen and oxygen atoms in total. The molecule has 0 bridgehead atoms. The Balaban J connectivity index is 1.96. The number of nitrogens with zero attached hydrogens (tertiary/aromatic N) is 3. The highest BCUT2D eigenvalue weighted by Crippen LogP contribution is 2.43. The number of benzene rings is 1. The second-order valence-electron chi connectivity index (χ2n) is 7.39. The van der Waals surface area contributed by atoms with Gasteiger partial charge in [0.05, 0.1) is 0 Å². The van der Waals surface area contributed by atoms with Gasteiger partial charge >= 0.3 is 16.6 Å². The minimum absolute atomic E-state index is 0.362. The molecular formula is C21H23N3O4S2. The molecule has 0 aliphatic heterocycles. The van der Waals surface area contributed by atoms with E-state index < -0.39 is 16.6 Å². The molecule has 0 atom stereocenters. The lowest BCUT2D eigenvalue weighted by molar-refractivity contribution is 0.213. The highest BCUT2D eigenvalue weighted by molar-refractivity contribution is 7.62. The molecule has 1 amide bonds. The fraction of sp³-hybridized carbons (Fsp3) is 0.333. The van der Waals surface area contributed by atoms with E-state index >= 15 is 0 Å². The van der Waals surface area contributed by atoms with Gasteiger partial charge in [-0.05, 0) is 42.9 Å². The number of imidazole rings is 1. The van der Waals surface area contributed by atoms with E-state index in [1.807, 2.05) is 44.3 Å². The summed E-state index contributed by atoms with van der Waals surface area (Å²) in [5.74, 6) is 1.37. The second-order valence-corrected chi connectivity index (χ2v) is 9.07. The van der Waals surface area contributed by atoms with Crippen LogP contribution in [0.3, 0.4) is 0 Å². The van der Waals surface area contributed by atoms with E-state index in [-0.39, 0.29) is 0 Å². The van der Waals surface area contributed by atoms with Crippen LogP contribution in [0, 0.1) is 19.8 Å². The number of amides is 1. The molecule has 0 N–H and O–H groups in total. The molecule has 2 heterocycles. The molecule has 0 radical (unpaired) electrons. The Morgan fingerprint density at radius 1 is 1.23 bits per heavy atom. The quantitative estimate of drug-likeness (QED) is 0.530. The molecule has 1 aromatic carbocycles. The molecule has 0 spiro atoms. The zero-order valence-corrected chi connectivity index (χ0v) is 18.9. The third-order valence-electron chi connectivity index (χ3n) is 4.66. The second kappa shape index (κ2) is 9.36. The van der Waals surface area contributed by atoms with Crippen molar-refractivity contribution in [1.29, 1.82) is 0 Å². The van der Waals surface area contributed by atoms with Gasteiger partial charge in [0.15, 0.2) is 5.06 Å². The minimum atomic E-state index is -2.85. The van der Waals surface area contributed by atoms with Crippen LogP contribution >= 0.6 is 11.3 Å². The van der Waals surface area contributed by atoms with Crippen molar-refractivity contribution in [3.05, 3.63) is 58.5 Å². The zero-order chi connectivity index (χ0) is 21.8. The molecule has 3 rings (SSSR count). The van der Waals surface area contributed by atoms with Crippen LogP contribution in [0.5, 0.6) is 5.06 Å². The first-order valence-corrected chi connectivity index (χ1v) is 11.3. The van der Waals surface area contributed by atoms with E-state index in [0.29, 0.717) is 17.5 Å². The number of carbonyl (C=O) groups is 1. The smallest absolute Gasteiger partial charge is 0.396 e. The largest absolute Gasteiger partial charge is 0.455 e. The fourth-order valence-corrected chi connectivity index (χ4v) is 4.75. The molecule has 2 aromatic heterocycles. The Kier molecular flexibility index (Phi) is 6.84. The monoisotopic (exact) mass is 445 g/mol. The molecular weight excluding hydrogens is 422 g/mol. The molecule has 158 valence electrons. The van der Waals surface area contributed by atoms with Crippen LogP contribution in [0.4, 0.5) is 4.79 Å². The van der Waals surface area contributed by atoms with Gasteiger partial charge in [-0.25, -0.2) is 9.78 Å². The van der Waals surface area contributed by atoms with Gasteiger partial charge in [-0.15, -0.1) is 11.3 Å². The molecule has 9 heteroatoms. The molecule has 0 unspecified atom stereocenters. The summed E-state index contributed by atoms with van der Waals surface area (Å²) in [4.78, 5) is 17.2. The highest BCUT2D eigenvalue weighted by Gasteiger charge is 2.21. The summed E-state index contributed by atoms with van der Waals surface area (Å²) in [6.07, 6.45) is 3.40. The van der Waals surface area contributed by atoms with Gasteiger partial charge < -0.3 is 9.30 Å². The molecule has 30 heavy (non-hydrogen) atoms. The number of aryl methyl sites for hydroxylation is 1. The Hall–Kier alpha value is -2.78. The molecule has 0 aliphatic rings. The summed E-state index contributed by atoms with van der Waals surface area (Å²) >= 11 is 1.36. The van der Waals surface area contributed by atoms with E-state index in [0.717, 1.165) is 39.4 Å². The molecule has 0 aliphatic carbocycles. The third kappa shape index (κ3) is 5.22. The average molecular weight is 446 g/mol. The lowest BCUT2D eigenvalue weighted by atomic mass is 9.99. The van der Waals surface area contributed by atoms with Crippen molar-refractivity contribution < 1.29 is 17.9 Å². The van der Waals surface area contributed by atoms with E-state index in [4.69, 9.17) is 4.74 Å². The predicted molar refractivity (Wildman–Crippen MR) is 116 cm³/mol. The van der Waals surface area contributed by atoms with Crippen LogP contribution in [-0.4, -0.2) is 24.1 Å². The van der Waals surface area contributed by atoms with Crippen molar-refractivity contribution in [3.63, 3.8) is 0 Å². The third-order valence-corrected chi connectivity index (χ3v) is 6.15. The van der Waals surface area contributed by atoms with Gasteiger partial charge in [0, 0.05) is 29.4 Å². The lowest BCUT2D eigenvalue weighted by Crippen LogP contribution is -2.02. The Labute approximate surface area is 181 Å². The maximum Gasteiger partial charge on any atom is 0.455 e. The van der Waals surface area contributed by atoms with Gasteiger partial charge in [-0.2, -0.15) is 8.42 Å². The number of carbonyl (C=O) groups excluding carboxylic acids is 1. The molecule has 3 aromatic rings. The Bertz CT molecular complexity index is 1180. The van der Waals surface area contributed by atoms with Crippen LogP contribution in [0.15, 0.2) is 41.0 Å².